The summed E-state index contributed by atoms with van der Waals surface area (Å²) in [6.07, 6.45) is -0.379. The number of halogens is 3. The molecular formula is C15H18F3N3. The van der Waals surface area contributed by atoms with Crippen LogP contribution < -0.4 is 5.73 Å². The number of hydrogen-bond acceptors (Lipinski definition) is 2. The Bertz CT molecular complexity index is 667. The Morgan fingerprint density at radius 3 is 2.57 bits per heavy atom. The van der Waals surface area contributed by atoms with Crippen LogP contribution in [-0.2, 0) is 12.7 Å². The predicted octanol–water partition coefficient (Wildman–Crippen LogP) is 4.22. The van der Waals surface area contributed by atoms with Gasteiger partial charge in [0.15, 0.2) is 0 Å². The zero-order valence-electron chi connectivity index (χ0n) is 11.9. The third-order valence-corrected chi connectivity index (χ3v) is 4.38. The first-order chi connectivity index (χ1) is 9.78. The second-order valence-corrected chi connectivity index (χ2v) is 6.29. The molecule has 2 aromatic rings. The van der Waals surface area contributed by atoms with Crippen LogP contribution in [0.15, 0.2) is 18.2 Å². The lowest BCUT2D eigenvalue weighted by Crippen LogP contribution is -2.24. The molecule has 0 saturated heterocycles. The summed E-state index contributed by atoms with van der Waals surface area (Å²) in [4.78, 5) is 3.78. The van der Waals surface area contributed by atoms with E-state index >= 15 is 0 Å². The number of hydrogen-bond donors (Lipinski definition) is 1. The molecule has 21 heavy (non-hydrogen) atoms. The van der Waals surface area contributed by atoms with Gasteiger partial charge >= 0.3 is 6.18 Å². The highest BCUT2D eigenvalue weighted by atomic mass is 19.4. The van der Waals surface area contributed by atoms with Crippen molar-refractivity contribution < 1.29 is 13.2 Å². The Labute approximate surface area is 121 Å². The van der Waals surface area contributed by atoms with Crippen LogP contribution in [0.5, 0.6) is 0 Å². The van der Waals surface area contributed by atoms with Gasteiger partial charge in [0.25, 0.3) is 0 Å². The molecule has 3 rings (SSSR count). The van der Waals surface area contributed by atoms with Gasteiger partial charge in [0.05, 0.1) is 11.0 Å². The summed E-state index contributed by atoms with van der Waals surface area (Å²) < 4.78 is 41.1. The predicted molar refractivity (Wildman–Crippen MR) is 75.7 cm³/mol. The van der Waals surface area contributed by atoms with Crippen molar-refractivity contribution in [1.29, 1.82) is 0 Å². The Morgan fingerprint density at radius 1 is 1.29 bits per heavy atom. The quantitative estimate of drug-likeness (QED) is 0.843. The fourth-order valence-corrected chi connectivity index (χ4v) is 3.29. The maximum Gasteiger partial charge on any atom is 0.449 e. The minimum Gasteiger partial charge on any atom is -0.399 e. The number of nitrogen functional groups attached to an aromatic ring is 1. The molecule has 2 N–H and O–H groups in total. The molecule has 3 nitrogen and oxygen atoms in total. The normalized spacial score (nSPS) is 18.5. The second kappa shape index (κ2) is 4.64. The topological polar surface area (TPSA) is 43.8 Å². The van der Waals surface area contributed by atoms with Gasteiger partial charge in [-0.2, -0.15) is 13.2 Å². The van der Waals surface area contributed by atoms with Crippen molar-refractivity contribution in [2.24, 2.45) is 5.41 Å². The zero-order chi connectivity index (χ0) is 15.3. The SMILES string of the molecule is CC1(Cn2c(C(F)(F)F)nc3cc(N)ccc32)CCCC1. The lowest BCUT2D eigenvalue weighted by atomic mass is 9.88. The summed E-state index contributed by atoms with van der Waals surface area (Å²) in [5.74, 6) is -0.823. The first kappa shape index (κ1) is 14.2. The van der Waals surface area contributed by atoms with Gasteiger partial charge < -0.3 is 10.3 Å². The van der Waals surface area contributed by atoms with Crippen molar-refractivity contribution in [3.8, 4) is 0 Å². The highest BCUT2D eigenvalue weighted by Crippen LogP contribution is 2.41. The van der Waals surface area contributed by atoms with E-state index in [1.54, 1.807) is 12.1 Å². The molecule has 1 aliphatic rings. The molecule has 1 heterocycles. The molecule has 0 aliphatic heterocycles. The zero-order valence-corrected chi connectivity index (χ0v) is 11.9. The number of aromatic nitrogens is 2. The van der Waals surface area contributed by atoms with Crippen LogP contribution in [0.25, 0.3) is 11.0 Å². The van der Waals surface area contributed by atoms with Gasteiger partial charge in [0.2, 0.25) is 5.82 Å². The molecule has 1 aromatic carbocycles. The summed E-state index contributed by atoms with van der Waals surface area (Å²) >= 11 is 0. The Balaban J connectivity index is 2.13. The summed E-state index contributed by atoms with van der Waals surface area (Å²) in [6, 6.07) is 4.75. The monoisotopic (exact) mass is 297 g/mol. The Hall–Kier alpha value is -1.72. The molecule has 0 radical (unpaired) electrons. The standard InChI is InChI=1S/C15H18F3N3/c1-14(6-2-3-7-14)9-21-12-5-4-10(19)8-11(12)20-13(21)15(16,17)18/h4-5,8H,2-3,6-7,9,19H2,1H3. The first-order valence-electron chi connectivity index (χ1n) is 7.11. The average Bonchev–Trinajstić information content (AvgIpc) is 2.94. The molecule has 1 aromatic heterocycles. The van der Waals surface area contributed by atoms with E-state index in [4.69, 9.17) is 5.73 Å². The molecular weight excluding hydrogens is 279 g/mol. The van der Waals surface area contributed by atoms with E-state index in [9.17, 15) is 13.2 Å². The van der Waals surface area contributed by atoms with Crippen LogP contribution in [0.3, 0.4) is 0 Å². The number of anilines is 1. The highest BCUT2D eigenvalue weighted by molar-refractivity contribution is 5.79. The molecule has 1 aliphatic carbocycles. The Morgan fingerprint density at radius 2 is 1.95 bits per heavy atom. The molecule has 1 saturated carbocycles. The highest BCUT2D eigenvalue weighted by Gasteiger charge is 2.40. The molecule has 0 spiro atoms. The first-order valence-corrected chi connectivity index (χ1v) is 7.11. The molecule has 0 amide bonds. The van der Waals surface area contributed by atoms with E-state index in [0.29, 0.717) is 23.3 Å². The fourth-order valence-electron chi connectivity index (χ4n) is 3.29. The number of rotatable bonds is 2. The van der Waals surface area contributed by atoms with Gasteiger partial charge in [0.1, 0.15) is 0 Å². The van der Waals surface area contributed by atoms with E-state index in [-0.39, 0.29) is 5.41 Å². The minimum atomic E-state index is -4.46. The molecule has 114 valence electrons. The van der Waals surface area contributed by atoms with E-state index in [1.807, 2.05) is 0 Å². The van der Waals surface area contributed by atoms with E-state index in [2.05, 4.69) is 11.9 Å². The number of fused-ring (bicyclic) bond motifs is 1. The molecule has 0 unspecified atom stereocenters. The van der Waals surface area contributed by atoms with Gasteiger partial charge in [-0.05, 0) is 36.5 Å². The largest absolute Gasteiger partial charge is 0.449 e. The molecule has 6 heteroatoms. The van der Waals surface area contributed by atoms with Gasteiger partial charge in [-0.25, -0.2) is 4.98 Å². The van der Waals surface area contributed by atoms with Crippen molar-refractivity contribution in [3.63, 3.8) is 0 Å². The number of nitrogens with zero attached hydrogens (tertiary/aromatic N) is 2. The van der Waals surface area contributed by atoms with Crippen LogP contribution in [-0.4, -0.2) is 9.55 Å². The van der Waals surface area contributed by atoms with Crippen LogP contribution in [0.1, 0.15) is 38.4 Å². The molecule has 1 fully saturated rings. The van der Waals surface area contributed by atoms with Crippen molar-refractivity contribution in [3.05, 3.63) is 24.0 Å². The lowest BCUT2D eigenvalue weighted by molar-refractivity contribution is -0.147. The second-order valence-electron chi connectivity index (χ2n) is 6.29. The summed E-state index contributed by atoms with van der Waals surface area (Å²) in [7, 11) is 0. The minimum absolute atomic E-state index is 0.0883. The number of benzene rings is 1. The van der Waals surface area contributed by atoms with Crippen molar-refractivity contribution in [1.82, 2.24) is 9.55 Å². The Kier molecular flexibility index (Phi) is 3.15. The summed E-state index contributed by atoms with van der Waals surface area (Å²) in [5, 5.41) is 0. The number of alkyl halides is 3. The van der Waals surface area contributed by atoms with Crippen LogP contribution in [0, 0.1) is 5.41 Å². The van der Waals surface area contributed by atoms with Crippen LogP contribution >= 0.6 is 0 Å². The fraction of sp³-hybridized carbons (Fsp3) is 0.533. The van der Waals surface area contributed by atoms with Crippen LogP contribution in [0.2, 0.25) is 0 Å². The number of imidazole rings is 1. The smallest absolute Gasteiger partial charge is 0.399 e. The maximum atomic E-state index is 13.3. The molecule has 0 atom stereocenters. The van der Waals surface area contributed by atoms with Crippen molar-refractivity contribution in [2.75, 3.05) is 5.73 Å². The average molecular weight is 297 g/mol. The third kappa shape index (κ3) is 2.59. The van der Waals surface area contributed by atoms with E-state index < -0.39 is 12.0 Å². The molecule has 0 bridgehead atoms. The van der Waals surface area contributed by atoms with Crippen LogP contribution in [0.4, 0.5) is 18.9 Å². The van der Waals surface area contributed by atoms with Crippen molar-refractivity contribution in [2.45, 2.75) is 45.3 Å². The van der Waals surface area contributed by atoms with Gasteiger partial charge in [-0.15, -0.1) is 0 Å². The maximum absolute atomic E-state index is 13.3. The summed E-state index contributed by atoms with van der Waals surface area (Å²) in [5.41, 5.74) is 6.80. The summed E-state index contributed by atoms with van der Waals surface area (Å²) in [6.45, 7) is 2.41. The van der Waals surface area contributed by atoms with Crippen molar-refractivity contribution >= 4 is 16.7 Å². The van der Waals surface area contributed by atoms with E-state index in [1.165, 1.54) is 10.6 Å². The third-order valence-electron chi connectivity index (χ3n) is 4.38. The van der Waals surface area contributed by atoms with Gasteiger partial charge in [-0.1, -0.05) is 19.8 Å². The van der Waals surface area contributed by atoms with Gasteiger partial charge in [0, 0.05) is 12.2 Å². The van der Waals surface area contributed by atoms with E-state index in [0.717, 1.165) is 25.7 Å². The lowest BCUT2D eigenvalue weighted by Gasteiger charge is -2.25. The number of nitrogens with two attached hydrogens (primary N) is 1. The van der Waals surface area contributed by atoms with Gasteiger partial charge in [-0.3, -0.25) is 0 Å².